The molecule has 0 saturated carbocycles. The maximum Gasteiger partial charge on any atom is 0.172 e. The predicted molar refractivity (Wildman–Crippen MR) is 99.0 cm³/mol. The number of carbonyl (C=O) groups is 1. The van der Waals surface area contributed by atoms with Gasteiger partial charge in [0.05, 0.1) is 4.88 Å². The Morgan fingerprint density at radius 2 is 1.77 bits per heavy atom. The van der Waals surface area contributed by atoms with Crippen LogP contribution in [0.15, 0.2) is 12.1 Å². The lowest BCUT2D eigenvalue weighted by molar-refractivity contribution is 0.0992. The zero-order chi connectivity index (χ0) is 16.4. The molecular formula is C20H34OS. The zero-order valence-corrected chi connectivity index (χ0v) is 15.8. The van der Waals surface area contributed by atoms with Crippen molar-refractivity contribution in [3.63, 3.8) is 0 Å². The van der Waals surface area contributed by atoms with Gasteiger partial charge in [0.25, 0.3) is 0 Å². The van der Waals surface area contributed by atoms with E-state index in [0.717, 1.165) is 23.1 Å². The van der Waals surface area contributed by atoms with Gasteiger partial charge < -0.3 is 0 Å². The van der Waals surface area contributed by atoms with Gasteiger partial charge in [0.2, 0.25) is 0 Å². The highest BCUT2D eigenvalue weighted by atomic mass is 32.1. The Kier molecular flexibility index (Phi) is 9.70. The fourth-order valence-electron chi connectivity index (χ4n) is 3.13. The topological polar surface area (TPSA) is 17.1 Å². The van der Waals surface area contributed by atoms with Crippen LogP contribution in [0.5, 0.6) is 0 Å². The first-order chi connectivity index (χ1) is 10.6. The minimum Gasteiger partial charge on any atom is -0.293 e. The molecule has 1 aromatic heterocycles. The van der Waals surface area contributed by atoms with E-state index in [9.17, 15) is 4.79 Å². The molecule has 1 aromatic rings. The summed E-state index contributed by atoms with van der Waals surface area (Å²) in [4.78, 5) is 14.1. The number of thiophene rings is 1. The van der Waals surface area contributed by atoms with Gasteiger partial charge >= 0.3 is 0 Å². The number of carbonyl (C=O) groups excluding carboxylic acids is 1. The van der Waals surface area contributed by atoms with E-state index in [1.54, 1.807) is 11.3 Å². The maximum absolute atomic E-state index is 11.8. The van der Waals surface area contributed by atoms with Crippen molar-refractivity contribution in [3.05, 3.63) is 21.9 Å². The molecule has 0 aliphatic rings. The molecule has 0 fully saturated rings. The van der Waals surface area contributed by atoms with Crippen LogP contribution in [0.1, 0.15) is 93.6 Å². The highest BCUT2D eigenvalue weighted by Gasteiger charge is 2.16. The lowest BCUT2D eigenvalue weighted by atomic mass is 9.85. The number of rotatable bonds is 12. The summed E-state index contributed by atoms with van der Waals surface area (Å²) in [7, 11) is 0. The molecule has 0 aliphatic heterocycles. The van der Waals surface area contributed by atoms with Crippen molar-refractivity contribution < 1.29 is 4.79 Å². The van der Waals surface area contributed by atoms with Crippen molar-refractivity contribution in [2.45, 2.75) is 85.5 Å². The van der Waals surface area contributed by atoms with Crippen molar-refractivity contribution in [2.75, 3.05) is 0 Å². The van der Waals surface area contributed by atoms with Gasteiger partial charge in [-0.05, 0) is 36.8 Å². The molecule has 0 aliphatic carbocycles. The van der Waals surface area contributed by atoms with Gasteiger partial charge in [0, 0.05) is 11.3 Å². The van der Waals surface area contributed by atoms with Gasteiger partial charge in [-0.1, -0.05) is 66.2 Å². The Balaban J connectivity index is 2.52. The highest BCUT2D eigenvalue weighted by Crippen LogP contribution is 2.29. The molecule has 0 radical (unpaired) electrons. The summed E-state index contributed by atoms with van der Waals surface area (Å²) in [5.41, 5.74) is 0. The summed E-state index contributed by atoms with van der Waals surface area (Å²) in [6, 6.07) is 4.20. The minimum absolute atomic E-state index is 0.287. The summed E-state index contributed by atoms with van der Waals surface area (Å²) in [6.45, 7) is 8.88. The van der Waals surface area contributed by atoms with Gasteiger partial charge in [-0.25, -0.2) is 0 Å². The maximum atomic E-state index is 11.8. The Morgan fingerprint density at radius 3 is 2.36 bits per heavy atom. The van der Waals surface area contributed by atoms with Crippen molar-refractivity contribution in [2.24, 2.45) is 11.8 Å². The van der Waals surface area contributed by atoms with Crippen LogP contribution in [-0.4, -0.2) is 5.78 Å². The Bertz CT molecular complexity index is 421. The van der Waals surface area contributed by atoms with Gasteiger partial charge in [-0.15, -0.1) is 11.3 Å². The Morgan fingerprint density at radius 1 is 1.05 bits per heavy atom. The molecule has 0 N–H and O–H groups in total. The predicted octanol–water partition coefficient (Wildman–Crippen LogP) is 6.91. The van der Waals surface area contributed by atoms with E-state index in [2.05, 4.69) is 26.8 Å². The molecule has 126 valence electrons. The Hall–Kier alpha value is -0.630. The van der Waals surface area contributed by atoms with Gasteiger partial charge in [-0.3, -0.25) is 4.79 Å². The summed E-state index contributed by atoms with van der Waals surface area (Å²) >= 11 is 1.72. The molecule has 0 bridgehead atoms. The lowest BCUT2D eigenvalue weighted by Crippen LogP contribution is -2.10. The molecule has 0 aromatic carbocycles. The van der Waals surface area contributed by atoms with Crippen molar-refractivity contribution in [1.82, 2.24) is 0 Å². The summed E-state index contributed by atoms with van der Waals surface area (Å²) in [5.74, 6) is 1.94. The van der Waals surface area contributed by atoms with Crippen molar-refractivity contribution in [3.8, 4) is 0 Å². The molecule has 2 atom stereocenters. The fourth-order valence-corrected chi connectivity index (χ4v) is 4.27. The quantitative estimate of drug-likeness (QED) is 0.302. The van der Waals surface area contributed by atoms with E-state index in [4.69, 9.17) is 0 Å². The highest BCUT2D eigenvalue weighted by molar-refractivity contribution is 7.14. The average Bonchev–Trinajstić information content (AvgIpc) is 3.00. The largest absolute Gasteiger partial charge is 0.293 e. The number of hydrogen-bond donors (Lipinski definition) is 0. The molecule has 1 nitrogen and oxygen atoms in total. The molecule has 2 heteroatoms. The first-order valence-electron chi connectivity index (χ1n) is 9.26. The first kappa shape index (κ1) is 19.4. The van der Waals surface area contributed by atoms with E-state index in [1.807, 2.05) is 13.0 Å². The standard InChI is InChI=1S/C20H34OS/c1-5-9-10-11-16(6-2)14-17(7-3)15-18-12-13-20(22-18)19(21)8-4/h12-13,16-17H,5-11,14-15H2,1-4H3. The third-order valence-electron chi connectivity index (χ3n) is 4.78. The van der Waals surface area contributed by atoms with Crippen LogP contribution in [0.2, 0.25) is 0 Å². The van der Waals surface area contributed by atoms with Crippen LogP contribution in [0, 0.1) is 11.8 Å². The van der Waals surface area contributed by atoms with E-state index in [1.165, 1.54) is 49.8 Å². The minimum atomic E-state index is 0.287. The summed E-state index contributed by atoms with van der Waals surface area (Å²) < 4.78 is 0. The van der Waals surface area contributed by atoms with Crippen LogP contribution >= 0.6 is 11.3 Å². The molecule has 0 spiro atoms. The molecule has 0 amide bonds. The normalized spacial score (nSPS) is 14.0. The number of Topliss-reactive ketones (excluding diaryl/α,β-unsaturated/α-hetero) is 1. The number of unbranched alkanes of at least 4 members (excludes halogenated alkanes) is 2. The second-order valence-corrected chi connectivity index (χ2v) is 7.70. The smallest absolute Gasteiger partial charge is 0.172 e. The first-order valence-corrected chi connectivity index (χ1v) is 10.1. The monoisotopic (exact) mass is 322 g/mol. The second kappa shape index (κ2) is 11.0. The van der Waals surface area contributed by atoms with Crippen LogP contribution < -0.4 is 0 Å². The van der Waals surface area contributed by atoms with Crippen LogP contribution in [0.3, 0.4) is 0 Å². The molecule has 2 unspecified atom stereocenters. The van der Waals surface area contributed by atoms with E-state index >= 15 is 0 Å². The molecule has 0 saturated heterocycles. The van der Waals surface area contributed by atoms with Gasteiger partial charge in [-0.2, -0.15) is 0 Å². The summed E-state index contributed by atoms with van der Waals surface area (Å²) in [6.07, 6.45) is 11.2. The van der Waals surface area contributed by atoms with Crippen LogP contribution in [0.4, 0.5) is 0 Å². The van der Waals surface area contributed by atoms with Crippen molar-refractivity contribution in [1.29, 1.82) is 0 Å². The third-order valence-corrected chi connectivity index (χ3v) is 5.93. The number of ketones is 1. The van der Waals surface area contributed by atoms with Crippen LogP contribution in [0.25, 0.3) is 0 Å². The molecule has 1 rings (SSSR count). The van der Waals surface area contributed by atoms with E-state index < -0.39 is 0 Å². The molecule has 22 heavy (non-hydrogen) atoms. The fraction of sp³-hybridized carbons (Fsp3) is 0.750. The summed E-state index contributed by atoms with van der Waals surface area (Å²) in [5, 5.41) is 0. The Labute approximate surface area is 141 Å². The van der Waals surface area contributed by atoms with Gasteiger partial charge in [0.1, 0.15) is 0 Å². The third kappa shape index (κ3) is 6.64. The van der Waals surface area contributed by atoms with Crippen LogP contribution in [-0.2, 0) is 6.42 Å². The van der Waals surface area contributed by atoms with Crippen molar-refractivity contribution >= 4 is 17.1 Å². The average molecular weight is 323 g/mol. The zero-order valence-electron chi connectivity index (χ0n) is 15.0. The van der Waals surface area contributed by atoms with Gasteiger partial charge in [0.15, 0.2) is 5.78 Å². The number of hydrogen-bond acceptors (Lipinski definition) is 2. The molecular weight excluding hydrogens is 288 g/mol. The lowest BCUT2D eigenvalue weighted by Gasteiger charge is -2.21. The second-order valence-electron chi connectivity index (χ2n) is 6.53. The van der Waals surface area contributed by atoms with E-state index in [0.29, 0.717) is 6.42 Å². The molecule has 1 heterocycles. The SMILES string of the molecule is CCCCCC(CC)CC(CC)Cc1ccc(C(=O)CC)s1. The van der Waals surface area contributed by atoms with E-state index in [-0.39, 0.29) is 5.78 Å².